The van der Waals surface area contributed by atoms with Crippen LogP contribution in [0.1, 0.15) is 18.7 Å². The van der Waals surface area contributed by atoms with Gasteiger partial charge in [0.2, 0.25) is 0 Å². The quantitative estimate of drug-likeness (QED) is 0.688. The molecule has 1 atom stereocenters. The fraction of sp³-hybridized carbons (Fsp3) is 0.211. The topological polar surface area (TPSA) is 46.3 Å². The van der Waals surface area contributed by atoms with Crippen molar-refractivity contribution in [2.45, 2.75) is 12.8 Å². The van der Waals surface area contributed by atoms with Crippen LogP contribution in [0.2, 0.25) is 0 Å². The summed E-state index contributed by atoms with van der Waals surface area (Å²) in [4.78, 5) is 6.94. The average Bonchev–Trinajstić information content (AvgIpc) is 3.00. The van der Waals surface area contributed by atoms with E-state index in [4.69, 9.17) is 4.99 Å². The number of nitrogens with zero attached hydrogens (tertiary/aromatic N) is 5. The van der Waals surface area contributed by atoms with Crippen molar-refractivity contribution in [1.29, 1.82) is 0 Å². The van der Waals surface area contributed by atoms with Crippen molar-refractivity contribution in [3.8, 4) is 17.1 Å². The Balaban J connectivity index is 2.02. The zero-order chi connectivity index (χ0) is 16.7. The number of aromatic nitrogens is 3. The van der Waals surface area contributed by atoms with E-state index in [1.165, 1.54) is 0 Å². The molecule has 120 valence electrons. The highest BCUT2D eigenvalue weighted by atomic mass is 15.3. The summed E-state index contributed by atoms with van der Waals surface area (Å²) < 4.78 is 2.13. The molecule has 1 unspecified atom stereocenters. The molecule has 0 saturated carbocycles. The van der Waals surface area contributed by atoms with Crippen LogP contribution in [0.3, 0.4) is 0 Å². The van der Waals surface area contributed by atoms with Crippen LogP contribution < -0.4 is 0 Å². The number of amidine groups is 1. The molecule has 5 heteroatoms. The number of fused-ring (bicyclic) bond motifs is 3. The van der Waals surface area contributed by atoms with Gasteiger partial charge in [-0.3, -0.25) is 4.57 Å². The SMILES string of the molecule is CC1C(N(C)C)=Nc2ccccc2-n2c(-c3ccccc3)nnc21. The molecule has 0 radical (unpaired) electrons. The van der Waals surface area contributed by atoms with E-state index in [-0.39, 0.29) is 5.92 Å². The van der Waals surface area contributed by atoms with Crippen molar-refractivity contribution >= 4 is 11.5 Å². The summed E-state index contributed by atoms with van der Waals surface area (Å²) in [6.45, 7) is 2.12. The van der Waals surface area contributed by atoms with Gasteiger partial charge in [0.25, 0.3) is 0 Å². The Morgan fingerprint density at radius 2 is 1.62 bits per heavy atom. The number of rotatable bonds is 1. The molecular formula is C19H19N5. The van der Waals surface area contributed by atoms with E-state index in [1.54, 1.807) is 0 Å². The van der Waals surface area contributed by atoms with Gasteiger partial charge >= 0.3 is 0 Å². The second-order valence-corrected chi connectivity index (χ2v) is 6.16. The van der Waals surface area contributed by atoms with Crippen molar-refractivity contribution in [3.05, 3.63) is 60.4 Å². The molecule has 0 bridgehead atoms. The van der Waals surface area contributed by atoms with Crippen LogP contribution in [-0.4, -0.2) is 39.6 Å². The van der Waals surface area contributed by atoms with Gasteiger partial charge in [0.05, 0.1) is 17.3 Å². The minimum absolute atomic E-state index is 0.0531. The molecule has 2 heterocycles. The van der Waals surface area contributed by atoms with Crippen molar-refractivity contribution < 1.29 is 0 Å². The summed E-state index contributed by atoms with van der Waals surface area (Å²) >= 11 is 0. The fourth-order valence-corrected chi connectivity index (χ4v) is 3.16. The monoisotopic (exact) mass is 317 g/mol. The van der Waals surface area contributed by atoms with E-state index in [1.807, 2.05) is 55.4 Å². The molecule has 5 nitrogen and oxygen atoms in total. The Kier molecular flexibility index (Phi) is 3.41. The average molecular weight is 317 g/mol. The Morgan fingerprint density at radius 3 is 2.38 bits per heavy atom. The smallest absolute Gasteiger partial charge is 0.168 e. The highest BCUT2D eigenvalue weighted by molar-refractivity contribution is 5.92. The molecule has 0 saturated heterocycles. The number of likely N-dealkylation sites (N-methyl/N-ethyl adjacent to an activating group) is 1. The fourth-order valence-electron chi connectivity index (χ4n) is 3.16. The molecule has 3 aromatic rings. The molecule has 0 N–H and O–H groups in total. The van der Waals surface area contributed by atoms with Gasteiger partial charge in [-0.15, -0.1) is 10.2 Å². The van der Waals surface area contributed by atoms with Crippen LogP contribution in [0.25, 0.3) is 17.1 Å². The summed E-state index contributed by atoms with van der Waals surface area (Å²) in [7, 11) is 4.03. The van der Waals surface area contributed by atoms with Gasteiger partial charge in [-0.25, -0.2) is 4.99 Å². The first-order chi connectivity index (χ1) is 11.7. The zero-order valence-electron chi connectivity index (χ0n) is 14.0. The highest BCUT2D eigenvalue weighted by Crippen LogP contribution is 2.35. The van der Waals surface area contributed by atoms with Crippen molar-refractivity contribution in [2.75, 3.05) is 14.1 Å². The van der Waals surface area contributed by atoms with Crippen LogP contribution in [-0.2, 0) is 0 Å². The van der Waals surface area contributed by atoms with Crippen molar-refractivity contribution in [3.63, 3.8) is 0 Å². The molecule has 0 aliphatic carbocycles. The predicted molar refractivity (Wildman–Crippen MR) is 96.0 cm³/mol. The maximum absolute atomic E-state index is 4.90. The highest BCUT2D eigenvalue weighted by Gasteiger charge is 2.28. The van der Waals surface area contributed by atoms with Crippen LogP contribution in [0.5, 0.6) is 0 Å². The lowest BCUT2D eigenvalue weighted by Gasteiger charge is -2.19. The number of benzene rings is 2. The predicted octanol–water partition coefficient (Wildman–Crippen LogP) is 3.64. The first-order valence-corrected chi connectivity index (χ1v) is 8.03. The summed E-state index contributed by atoms with van der Waals surface area (Å²) in [5.74, 6) is 2.79. The zero-order valence-corrected chi connectivity index (χ0v) is 14.0. The van der Waals surface area contributed by atoms with Gasteiger partial charge in [0, 0.05) is 19.7 Å². The number of hydrogen-bond acceptors (Lipinski definition) is 4. The molecule has 1 aliphatic rings. The standard InChI is InChI=1S/C19H19N5/c1-13-17(23(2)3)20-15-11-7-8-12-16(15)24-18(13)21-22-19(24)14-9-5-4-6-10-14/h4-13H,1-3H3. The molecule has 1 aromatic heterocycles. The van der Waals surface area contributed by atoms with E-state index in [9.17, 15) is 0 Å². The Labute approximate surface area is 141 Å². The van der Waals surface area contributed by atoms with E-state index >= 15 is 0 Å². The minimum atomic E-state index is 0.0531. The number of aliphatic imine (C=N–C) groups is 1. The third-order valence-electron chi connectivity index (χ3n) is 4.31. The Morgan fingerprint density at radius 1 is 0.917 bits per heavy atom. The molecule has 0 spiro atoms. The van der Waals surface area contributed by atoms with E-state index in [0.29, 0.717) is 0 Å². The van der Waals surface area contributed by atoms with Gasteiger partial charge in [-0.2, -0.15) is 0 Å². The second-order valence-electron chi connectivity index (χ2n) is 6.16. The van der Waals surface area contributed by atoms with Crippen LogP contribution >= 0.6 is 0 Å². The molecule has 1 aliphatic heterocycles. The van der Waals surface area contributed by atoms with Crippen LogP contribution in [0.15, 0.2) is 59.6 Å². The largest absolute Gasteiger partial charge is 0.366 e. The summed E-state index contributed by atoms with van der Waals surface area (Å²) in [6.07, 6.45) is 0. The number of hydrogen-bond donors (Lipinski definition) is 0. The third kappa shape index (κ3) is 2.21. The maximum Gasteiger partial charge on any atom is 0.168 e. The molecular weight excluding hydrogens is 298 g/mol. The molecule has 0 fully saturated rings. The lowest BCUT2D eigenvalue weighted by Crippen LogP contribution is -2.27. The van der Waals surface area contributed by atoms with Gasteiger partial charge < -0.3 is 4.90 Å². The van der Waals surface area contributed by atoms with Crippen LogP contribution in [0.4, 0.5) is 5.69 Å². The molecule has 24 heavy (non-hydrogen) atoms. The van der Waals surface area contributed by atoms with Gasteiger partial charge in [0.15, 0.2) is 5.82 Å². The Hall–Kier alpha value is -2.95. The lowest BCUT2D eigenvalue weighted by atomic mass is 10.1. The van der Waals surface area contributed by atoms with Crippen molar-refractivity contribution in [2.24, 2.45) is 4.99 Å². The minimum Gasteiger partial charge on any atom is -0.366 e. The van der Waals surface area contributed by atoms with E-state index < -0.39 is 0 Å². The maximum atomic E-state index is 4.90. The lowest BCUT2D eigenvalue weighted by molar-refractivity contribution is 0.587. The normalized spacial score (nSPS) is 16.0. The number of para-hydroxylation sites is 2. The van der Waals surface area contributed by atoms with Crippen LogP contribution in [0, 0.1) is 0 Å². The van der Waals surface area contributed by atoms with E-state index in [0.717, 1.165) is 34.4 Å². The van der Waals surface area contributed by atoms with Gasteiger partial charge in [-0.1, -0.05) is 42.5 Å². The third-order valence-corrected chi connectivity index (χ3v) is 4.31. The molecule has 2 aromatic carbocycles. The van der Waals surface area contributed by atoms with Gasteiger partial charge in [0.1, 0.15) is 11.7 Å². The summed E-state index contributed by atoms with van der Waals surface area (Å²) in [5, 5.41) is 9.00. The molecule has 4 rings (SSSR count). The molecule has 0 amide bonds. The van der Waals surface area contributed by atoms with Crippen molar-refractivity contribution in [1.82, 2.24) is 19.7 Å². The Bertz CT molecular complexity index is 909. The van der Waals surface area contributed by atoms with Gasteiger partial charge in [-0.05, 0) is 19.1 Å². The first kappa shape index (κ1) is 14.6. The second kappa shape index (κ2) is 5.60. The first-order valence-electron chi connectivity index (χ1n) is 8.03. The van der Waals surface area contributed by atoms with E-state index in [2.05, 4.69) is 39.9 Å². The summed E-state index contributed by atoms with van der Waals surface area (Å²) in [5.41, 5.74) is 3.00. The summed E-state index contributed by atoms with van der Waals surface area (Å²) in [6, 6.07) is 18.3.